The van der Waals surface area contributed by atoms with Gasteiger partial charge in [-0.2, -0.15) is 0 Å². The topological polar surface area (TPSA) is 102 Å². The Morgan fingerprint density at radius 3 is 2.78 bits per heavy atom. The fraction of sp³-hybridized carbons (Fsp3) is 0.217. The fourth-order valence-electron chi connectivity index (χ4n) is 3.38. The summed E-state index contributed by atoms with van der Waals surface area (Å²) in [6.07, 6.45) is 2.03. The first-order valence-electron chi connectivity index (χ1n) is 10.1. The fourth-order valence-corrected chi connectivity index (χ4v) is 3.38. The van der Waals surface area contributed by atoms with E-state index >= 15 is 0 Å². The first kappa shape index (κ1) is 21.2. The molecule has 32 heavy (non-hydrogen) atoms. The molecule has 0 radical (unpaired) electrons. The van der Waals surface area contributed by atoms with Crippen LogP contribution >= 0.6 is 0 Å². The van der Waals surface area contributed by atoms with Gasteiger partial charge in [0.25, 0.3) is 5.91 Å². The Morgan fingerprint density at radius 1 is 1.16 bits per heavy atom. The zero-order chi connectivity index (χ0) is 22.5. The maximum Gasteiger partial charge on any atom is 0.251 e. The molecule has 0 bridgehead atoms. The Hall–Kier alpha value is -4.01. The van der Waals surface area contributed by atoms with Crippen molar-refractivity contribution in [1.82, 2.24) is 25.5 Å². The van der Waals surface area contributed by atoms with Crippen molar-refractivity contribution in [2.45, 2.75) is 13.3 Å². The lowest BCUT2D eigenvalue weighted by Gasteiger charge is -2.13. The van der Waals surface area contributed by atoms with Gasteiger partial charge in [-0.3, -0.25) is 4.79 Å². The number of carbonyl (C=O) groups is 1. The molecule has 4 rings (SSSR count). The summed E-state index contributed by atoms with van der Waals surface area (Å²) >= 11 is 0. The van der Waals surface area contributed by atoms with E-state index in [0.29, 0.717) is 59.2 Å². The molecule has 164 valence electrons. The average molecular weight is 435 g/mol. The van der Waals surface area contributed by atoms with E-state index in [0.717, 1.165) is 5.39 Å². The van der Waals surface area contributed by atoms with Crippen molar-refractivity contribution in [3.8, 4) is 22.8 Å². The molecule has 2 N–H and O–H groups in total. The largest absolute Gasteiger partial charge is 0.496 e. The molecule has 9 heteroatoms. The number of carbonyl (C=O) groups excluding carboxylic acids is 1. The Balaban J connectivity index is 1.68. The summed E-state index contributed by atoms with van der Waals surface area (Å²) in [4.78, 5) is 20.2. The predicted molar refractivity (Wildman–Crippen MR) is 117 cm³/mol. The van der Waals surface area contributed by atoms with Crippen molar-refractivity contribution < 1.29 is 18.7 Å². The van der Waals surface area contributed by atoms with Crippen molar-refractivity contribution in [3.05, 3.63) is 66.0 Å². The highest BCUT2D eigenvalue weighted by Gasteiger charge is 2.15. The minimum atomic E-state index is -0.402. The molecule has 0 aliphatic carbocycles. The van der Waals surface area contributed by atoms with E-state index in [1.54, 1.807) is 30.3 Å². The average Bonchev–Trinajstić information content (AvgIpc) is 3.32. The molecule has 4 aromatic rings. The molecule has 0 aliphatic heterocycles. The van der Waals surface area contributed by atoms with Crippen molar-refractivity contribution in [3.63, 3.8) is 0 Å². The van der Waals surface area contributed by atoms with Gasteiger partial charge in [0.2, 0.25) is 0 Å². The number of nitrogens with zero attached hydrogens (tertiary/aromatic N) is 3. The summed E-state index contributed by atoms with van der Waals surface area (Å²) in [7, 11) is 1.52. The van der Waals surface area contributed by atoms with Gasteiger partial charge < -0.3 is 19.8 Å². The van der Waals surface area contributed by atoms with Crippen LogP contribution in [0.4, 0.5) is 4.39 Å². The van der Waals surface area contributed by atoms with Crippen molar-refractivity contribution in [2.24, 2.45) is 0 Å². The Labute approximate surface area is 183 Å². The molecule has 0 atom stereocenters. The smallest absolute Gasteiger partial charge is 0.251 e. The summed E-state index contributed by atoms with van der Waals surface area (Å²) in [5, 5.41) is 11.2. The monoisotopic (exact) mass is 435 g/mol. The number of benzene rings is 2. The van der Waals surface area contributed by atoms with Gasteiger partial charge in [0, 0.05) is 35.5 Å². The molecule has 2 aromatic heterocycles. The third kappa shape index (κ3) is 4.51. The zero-order valence-corrected chi connectivity index (χ0v) is 17.7. The third-order valence-corrected chi connectivity index (χ3v) is 4.89. The summed E-state index contributed by atoms with van der Waals surface area (Å²) < 4.78 is 25.1. The predicted octanol–water partition coefficient (Wildman–Crippen LogP) is 3.54. The molecular weight excluding hydrogens is 413 g/mol. The summed E-state index contributed by atoms with van der Waals surface area (Å²) in [5.41, 5.74) is 1.99. The van der Waals surface area contributed by atoms with E-state index in [-0.39, 0.29) is 5.91 Å². The van der Waals surface area contributed by atoms with Crippen molar-refractivity contribution in [2.75, 3.05) is 20.3 Å². The van der Waals surface area contributed by atoms with E-state index in [1.807, 2.05) is 6.92 Å². The van der Waals surface area contributed by atoms with E-state index < -0.39 is 5.82 Å². The number of pyridine rings is 1. The molecule has 0 saturated carbocycles. The molecule has 0 unspecified atom stereocenters. The number of aromatic amines is 1. The van der Waals surface area contributed by atoms with Gasteiger partial charge >= 0.3 is 0 Å². The van der Waals surface area contributed by atoms with Crippen LogP contribution in [0.1, 0.15) is 23.1 Å². The molecule has 1 amide bonds. The molecule has 8 nitrogen and oxygen atoms in total. The number of halogens is 1. The molecule has 0 spiro atoms. The zero-order valence-electron chi connectivity index (χ0n) is 17.7. The molecule has 0 fully saturated rings. The van der Waals surface area contributed by atoms with Gasteiger partial charge in [-0.25, -0.2) is 9.37 Å². The van der Waals surface area contributed by atoms with E-state index in [4.69, 9.17) is 9.47 Å². The lowest BCUT2D eigenvalue weighted by molar-refractivity contribution is 0.0954. The number of nitrogens with one attached hydrogen (secondary N) is 2. The standard InChI is InChI=1S/C23H22FN5O3/c1-3-32-21-12-19(17-11-15(24)5-7-20(17)31-2)28-18-10-14(4-6-16(18)21)23(30)25-9-8-22-26-13-27-29-22/h4-7,10-13H,3,8-9H2,1-2H3,(H,25,30)(H,26,27,29). The lowest BCUT2D eigenvalue weighted by Crippen LogP contribution is -2.25. The Morgan fingerprint density at radius 2 is 2.03 bits per heavy atom. The maximum atomic E-state index is 13.9. The number of aromatic nitrogens is 4. The minimum absolute atomic E-state index is 0.236. The molecule has 2 heterocycles. The number of hydrogen-bond acceptors (Lipinski definition) is 6. The number of ether oxygens (including phenoxy) is 2. The number of amides is 1. The SMILES string of the molecule is CCOc1cc(-c2cc(F)ccc2OC)nc2cc(C(=O)NCCc3nnc[nH]3)ccc12. The highest BCUT2D eigenvalue weighted by Crippen LogP contribution is 2.35. The van der Waals surface area contributed by atoms with Crippen LogP contribution in [-0.4, -0.2) is 46.3 Å². The molecule has 2 aromatic carbocycles. The van der Waals surface area contributed by atoms with Crippen molar-refractivity contribution in [1.29, 1.82) is 0 Å². The maximum absolute atomic E-state index is 13.9. The second kappa shape index (κ2) is 9.42. The number of fused-ring (bicyclic) bond motifs is 1. The first-order chi connectivity index (χ1) is 15.6. The first-order valence-corrected chi connectivity index (χ1v) is 10.1. The second-order valence-electron chi connectivity index (χ2n) is 6.96. The summed E-state index contributed by atoms with van der Waals surface area (Å²) in [6.45, 7) is 2.73. The van der Waals surface area contributed by atoms with Crippen molar-refractivity contribution >= 4 is 16.8 Å². The highest BCUT2D eigenvalue weighted by atomic mass is 19.1. The van der Waals surface area contributed by atoms with Crippen LogP contribution in [0.5, 0.6) is 11.5 Å². The second-order valence-corrected chi connectivity index (χ2v) is 6.96. The van der Waals surface area contributed by atoms with Crippen LogP contribution < -0.4 is 14.8 Å². The number of hydrogen-bond donors (Lipinski definition) is 2. The Bertz CT molecular complexity index is 1240. The van der Waals surface area contributed by atoms with E-state index in [1.165, 1.54) is 25.6 Å². The highest BCUT2D eigenvalue weighted by molar-refractivity contribution is 5.99. The lowest BCUT2D eigenvalue weighted by atomic mass is 10.1. The molecular formula is C23H22FN5O3. The quantitative estimate of drug-likeness (QED) is 0.439. The van der Waals surface area contributed by atoms with Gasteiger partial charge in [0.15, 0.2) is 0 Å². The summed E-state index contributed by atoms with van der Waals surface area (Å²) in [5.74, 6) is 1.14. The van der Waals surface area contributed by atoms with Crippen LogP contribution in [0.2, 0.25) is 0 Å². The molecule has 0 saturated heterocycles. The normalized spacial score (nSPS) is 10.8. The third-order valence-electron chi connectivity index (χ3n) is 4.89. The van der Waals surface area contributed by atoms with Crippen LogP contribution in [0, 0.1) is 5.82 Å². The molecule has 0 aliphatic rings. The van der Waals surface area contributed by atoms with Gasteiger partial charge in [-0.05, 0) is 43.3 Å². The number of rotatable bonds is 8. The van der Waals surface area contributed by atoms with Gasteiger partial charge in [-0.15, -0.1) is 10.2 Å². The number of methoxy groups -OCH3 is 1. The minimum Gasteiger partial charge on any atom is -0.496 e. The van der Waals surface area contributed by atoms with E-state index in [9.17, 15) is 9.18 Å². The van der Waals surface area contributed by atoms with Crippen LogP contribution in [0.15, 0.2) is 48.8 Å². The van der Waals surface area contributed by atoms with Gasteiger partial charge in [0.1, 0.15) is 29.5 Å². The van der Waals surface area contributed by atoms with E-state index in [2.05, 4.69) is 25.5 Å². The van der Waals surface area contributed by atoms with Crippen LogP contribution in [0.25, 0.3) is 22.2 Å². The van der Waals surface area contributed by atoms with Crippen LogP contribution in [0.3, 0.4) is 0 Å². The number of H-pyrrole nitrogens is 1. The van der Waals surface area contributed by atoms with Gasteiger partial charge in [-0.1, -0.05) is 0 Å². The van der Waals surface area contributed by atoms with Crippen LogP contribution in [-0.2, 0) is 6.42 Å². The summed E-state index contributed by atoms with van der Waals surface area (Å²) in [6, 6.07) is 11.2. The van der Waals surface area contributed by atoms with Gasteiger partial charge in [0.05, 0.1) is 24.9 Å². The Kier molecular flexibility index (Phi) is 6.25.